The number of nitrogens with one attached hydrogen (secondary N) is 2. The van der Waals surface area contributed by atoms with Crippen LogP contribution in [0.25, 0.3) is 32.9 Å². The minimum absolute atomic E-state index is 0.0457. The van der Waals surface area contributed by atoms with Crippen molar-refractivity contribution in [3.63, 3.8) is 0 Å². The Kier molecular flexibility index (Phi) is 4.24. The number of Topliss-reactive ketones (excluding diaryl/α,β-unsaturated/α-hetero) is 1. The fourth-order valence-electron chi connectivity index (χ4n) is 4.00. The van der Waals surface area contributed by atoms with E-state index in [-0.39, 0.29) is 23.7 Å². The maximum absolute atomic E-state index is 12.2. The fourth-order valence-corrected chi connectivity index (χ4v) is 4.00. The van der Waals surface area contributed by atoms with E-state index in [9.17, 15) is 9.59 Å². The first-order valence-corrected chi connectivity index (χ1v) is 10.4. The van der Waals surface area contributed by atoms with Gasteiger partial charge in [0.2, 0.25) is 5.91 Å². The molecule has 1 aliphatic carbocycles. The summed E-state index contributed by atoms with van der Waals surface area (Å²) < 4.78 is 2.14. The summed E-state index contributed by atoms with van der Waals surface area (Å²) in [5.74, 6) is 0.828. The van der Waals surface area contributed by atoms with Gasteiger partial charge in [-0.25, -0.2) is 0 Å². The molecule has 0 unspecified atom stereocenters. The van der Waals surface area contributed by atoms with E-state index in [0.717, 1.165) is 51.3 Å². The quantitative estimate of drug-likeness (QED) is 0.445. The van der Waals surface area contributed by atoms with Gasteiger partial charge in [-0.05, 0) is 69.0 Å². The number of aromatic nitrogens is 3. The topological polar surface area (TPSA) is 79.8 Å². The van der Waals surface area contributed by atoms with Crippen molar-refractivity contribution >= 4 is 39.3 Å². The van der Waals surface area contributed by atoms with Gasteiger partial charge in [0.1, 0.15) is 0 Å². The number of hydrogen-bond donors (Lipinski definition) is 2. The Morgan fingerprint density at radius 3 is 2.53 bits per heavy atom. The molecule has 0 saturated heterocycles. The SMILES string of the molecule is CC(=O)c1cn(C(C)C)c2ccc(-c3ccc4c(NC(=O)C5CC5)n[nH]c4c3)cc12. The third-order valence-electron chi connectivity index (χ3n) is 5.85. The summed E-state index contributed by atoms with van der Waals surface area (Å²) in [6.07, 6.45) is 3.87. The summed E-state index contributed by atoms with van der Waals surface area (Å²) in [5.41, 5.74) is 4.73. The van der Waals surface area contributed by atoms with Crippen molar-refractivity contribution in [2.45, 2.75) is 39.7 Å². The van der Waals surface area contributed by atoms with E-state index in [0.29, 0.717) is 5.82 Å². The molecule has 1 amide bonds. The molecule has 1 saturated carbocycles. The zero-order valence-electron chi connectivity index (χ0n) is 17.3. The Labute approximate surface area is 174 Å². The van der Waals surface area contributed by atoms with Crippen molar-refractivity contribution in [3.8, 4) is 11.1 Å². The van der Waals surface area contributed by atoms with Crippen molar-refractivity contribution in [2.24, 2.45) is 5.92 Å². The zero-order valence-corrected chi connectivity index (χ0v) is 17.3. The van der Waals surface area contributed by atoms with Gasteiger partial charge in [-0.15, -0.1) is 0 Å². The molecule has 6 nitrogen and oxygen atoms in total. The molecule has 152 valence electrons. The van der Waals surface area contributed by atoms with Crippen molar-refractivity contribution in [2.75, 3.05) is 5.32 Å². The van der Waals surface area contributed by atoms with Gasteiger partial charge in [-0.3, -0.25) is 14.7 Å². The number of amides is 1. The van der Waals surface area contributed by atoms with Gasteiger partial charge in [-0.2, -0.15) is 5.10 Å². The summed E-state index contributed by atoms with van der Waals surface area (Å²) in [5, 5.41) is 12.1. The number of carbonyl (C=O) groups excluding carboxylic acids is 2. The Morgan fingerprint density at radius 1 is 1.10 bits per heavy atom. The molecule has 6 heteroatoms. The van der Waals surface area contributed by atoms with Crippen LogP contribution in [0.3, 0.4) is 0 Å². The number of rotatable bonds is 5. The molecule has 1 fully saturated rings. The number of fused-ring (bicyclic) bond motifs is 2. The van der Waals surface area contributed by atoms with Crippen LogP contribution in [0.2, 0.25) is 0 Å². The molecule has 2 aromatic heterocycles. The van der Waals surface area contributed by atoms with Crippen LogP contribution in [-0.2, 0) is 4.79 Å². The number of benzene rings is 2. The maximum atomic E-state index is 12.2. The molecular weight excluding hydrogens is 376 g/mol. The summed E-state index contributed by atoms with van der Waals surface area (Å²) in [6.45, 7) is 5.84. The number of hydrogen-bond acceptors (Lipinski definition) is 3. The molecule has 0 spiro atoms. The maximum Gasteiger partial charge on any atom is 0.228 e. The second-order valence-electron chi connectivity index (χ2n) is 8.43. The third-order valence-corrected chi connectivity index (χ3v) is 5.85. The number of carbonyl (C=O) groups is 2. The average molecular weight is 400 g/mol. The Bertz CT molecular complexity index is 1310. The minimum Gasteiger partial charge on any atom is -0.344 e. The predicted octanol–water partition coefficient (Wildman–Crippen LogP) is 5.32. The lowest BCUT2D eigenvalue weighted by molar-refractivity contribution is -0.117. The molecule has 1 aliphatic rings. The van der Waals surface area contributed by atoms with E-state index in [4.69, 9.17) is 0 Å². The molecule has 0 aliphatic heterocycles. The van der Waals surface area contributed by atoms with Crippen LogP contribution in [0.4, 0.5) is 5.82 Å². The molecule has 2 N–H and O–H groups in total. The molecular formula is C24H24N4O2. The molecule has 5 rings (SSSR count). The lowest BCUT2D eigenvalue weighted by Crippen LogP contribution is -2.13. The largest absolute Gasteiger partial charge is 0.344 e. The van der Waals surface area contributed by atoms with Gasteiger partial charge >= 0.3 is 0 Å². The van der Waals surface area contributed by atoms with Gasteiger partial charge in [0.05, 0.1) is 5.52 Å². The molecule has 0 radical (unpaired) electrons. The van der Waals surface area contributed by atoms with Crippen LogP contribution >= 0.6 is 0 Å². The zero-order chi connectivity index (χ0) is 21.0. The second kappa shape index (κ2) is 6.83. The van der Waals surface area contributed by atoms with Gasteiger partial charge in [0.25, 0.3) is 0 Å². The van der Waals surface area contributed by atoms with E-state index in [1.165, 1.54) is 0 Å². The Balaban J connectivity index is 1.55. The van der Waals surface area contributed by atoms with E-state index in [2.05, 4.69) is 52.1 Å². The van der Waals surface area contributed by atoms with Crippen LogP contribution in [0.15, 0.2) is 42.6 Å². The van der Waals surface area contributed by atoms with Crippen molar-refractivity contribution in [1.82, 2.24) is 14.8 Å². The molecule has 2 aromatic carbocycles. The summed E-state index contributed by atoms with van der Waals surface area (Å²) >= 11 is 0. The standard InChI is InChI=1S/C24H24N4O2/c1-13(2)28-12-20(14(3)29)19-10-16(7-9-22(19)28)17-6-8-18-21(11-17)26-27-23(18)25-24(30)15-4-5-15/h6-13,15H,4-5H2,1-3H3,(H2,25,26,27,30). The molecule has 30 heavy (non-hydrogen) atoms. The molecule has 0 atom stereocenters. The first-order chi connectivity index (χ1) is 14.4. The highest BCUT2D eigenvalue weighted by Gasteiger charge is 2.30. The van der Waals surface area contributed by atoms with Crippen molar-refractivity contribution < 1.29 is 9.59 Å². The third kappa shape index (κ3) is 3.09. The van der Waals surface area contributed by atoms with Gasteiger partial charge in [0.15, 0.2) is 11.6 Å². The number of anilines is 1. The molecule has 0 bridgehead atoms. The monoisotopic (exact) mass is 400 g/mol. The predicted molar refractivity (Wildman–Crippen MR) is 119 cm³/mol. The summed E-state index contributed by atoms with van der Waals surface area (Å²) in [7, 11) is 0. The number of ketones is 1. The normalized spacial score (nSPS) is 14.0. The Hall–Kier alpha value is -3.41. The van der Waals surface area contributed by atoms with Crippen LogP contribution < -0.4 is 5.32 Å². The second-order valence-corrected chi connectivity index (χ2v) is 8.43. The number of aromatic amines is 1. The van der Waals surface area contributed by atoms with Crippen LogP contribution in [0, 0.1) is 5.92 Å². The lowest BCUT2D eigenvalue weighted by Gasteiger charge is -2.09. The van der Waals surface area contributed by atoms with Gasteiger partial charge < -0.3 is 9.88 Å². The smallest absolute Gasteiger partial charge is 0.228 e. The van der Waals surface area contributed by atoms with E-state index in [1.54, 1.807) is 6.92 Å². The average Bonchev–Trinajstić information content (AvgIpc) is 3.40. The summed E-state index contributed by atoms with van der Waals surface area (Å²) in [6, 6.07) is 12.6. The van der Waals surface area contributed by atoms with E-state index < -0.39 is 0 Å². The van der Waals surface area contributed by atoms with E-state index in [1.807, 2.05) is 24.4 Å². The first-order valence-electron chi connectivity index (χ1n) is 10.4. The fraction of sp³-hybridized carbons (Fsp3) is 0.292. The molecule has 4 aromatic rings. The van der Waals surface area contributed by atoms with Gasteiger partial charge in [0, 0.05) is 40.0 Å². The van der Waals surface area contributed by atoms with Crippen LogP contribution in [0.1, 0.15) is 50.0 Å². The molecule has 2 heterocycles. The van der Waals surface area contributed by atoms with E-state index >= 15 is 0 Å². The van der Waals surface area contributed by atoms with Crippen LogP contribution in [0.5, 0.6) is 0 Å². The van der Waals surface area contributed by atoms with Crippen LogP contribution in [-0.4, -0.2) is 26.5 Å². The van der Waals surface area contributed by atoms with Crippen molar-refractivity contribution in [1.29, 1.82) is 0 Å². The number of H-pyrrole nitrogens is 1. The first kappa shape index (κ1) is 18.6. The highest BCUT2D eigenvalue weighted by Crippen LogP contribution is 2.34. The van der Waals surface area contributed by atoms with Crippen molar-refractivity contribution in [3.05, 3.63) is 48.2 Å². The highest BCUT2D eigenvalue weighted by atomic mass is 16.2. The van der Waals surface area contributed by atoms with Gasteiger partial charge in [-0.1, -0.05) is 12.1 Å². The lowest BCUT2D eigenvalue weighted by atomic mass is 10.0. The highest BCUT2D eigenvalue weighted by molar-refractivity contribution is 6.08. The Morgan fingerprint density at radius 2 is 1.83 bits per heavy atom. The summed E-state index contributed by atoms with van der Waals surface area (Å²) in [4.78, 5) is 24.3. The number of nitrogens with zero attached hydrogens (tertiary/aromatic N) is 2. The minimum atomic E-state index is 0.0457.